The van der Waals surface area contributed by atoms with Crippen LogP contribution in [0.1, 0.15) is 48.6 Å². The fourth-order valence-electron chi connectivity index (χ4n) is 2.87. The highest BCUT2D eigenvalue weighted by Gasteiger charge is 2.30. The first-order chi connectivity index (χ1) is 11.4. The molecule has 2 atom stereocenters. The number of hydrogen-bond acceptors (Lipinski definition) is 5. The molecule has 6 nitrogen and oxygen atoms in total. The lowest BCUT2D eigenvalue weighted by Gasteiger charge is -2.20. The summed E-state index contributed by atoms with van der Waals surface area (Å²) < 4.78 is 7.78. The van der Waals surface area contributed by atoms with Crippen molar-refractivity contribution < 1.29 is 4.42 Å². The maximum atomic E-state index is 6.44. The summed E-state index contributed by atoms with van der Waals surface area (Å²) in [6, 6.07) is 12.0. The third-order valence-electron chi connectivity index (χ3n) is 4.11. The molecule has 3 aromatic rings. The maximum absolute atomic E-state index is 6.44. The van der Waals surface area contributed by atoms with Crippen molar-refractivity contribution >= 4 is 0 Å². The van der Waals surface area contributed by atoms with E-state index in [2.05, 4.69) is 15.3 Å². The minimum Gasteiger partial charge on any atom is -0.421 e. The molecule has 0 aliphatic carbocycles. The molecular weight excluding hydrogens is 302 g/mol. The average molecular weight is 325 g/mol. The van der Waals surface area contributed by atoms with Crippen molar-refractivity contribution in [3.05, 3.63) is 65.1 Å². The number of benzene rings is 1. The molecule has 0 amide bonds. The van der Waals surface area contributed by atoms with Gasteiger partial charge in [-0.25, -0.2) is 0 Å². The lowest BCUT2D eigenvalue weighted by atomic mass is 9.94. The van der Waals surface area contributed by atoms with Crippen molar-refractivity contribution in [3.8, 4) is 0 Å². The lowest BCUT2D eigenvalue weighted by Crippen LogP contribution is -2.35. The van der Waals surface area contributed by atoms with Crippen molar-refractivity contribution in [2.24, 2.45) is 5.73 Å². The molecule has 0 aliphatic heterocycles. The second kappa shape index (κ2) is 6.20. The summed E-state index contributed by atoms with van der Waals surface area (Å²) in [6.07, 6.45) is 0.629. The molecule has 3 rings (SSSR count). The summed E-state index contributed by atoms with van der Waals surface area (Å²) in [5.74, 6) is 0.954. The molecule has 1 aromatic carbocycles. The smallest absolute Gasteiger partial charge is 0.240 e. The standard InChI is InChI=1S/C18H23N5O/c1-12-10-13(2)23(22-12)14(3)16-20-21-17(24-16)18(4,19)11-15-8-6-5-7-9-15/h5-10,14H,11,19H2,1-4H3/t14?,18-/m1/s1. The molecule has 0 fully saturated rings. The van der Waals surface area contributed by atoms with Crippen LogP contribution in [0.3, 0.4) is 0 Å². The summed E-state index contributed by atoms with van der Waals surface area (Å²) in [7, 11) is 0. The van der Waals surface area contributed by atoms with Crippen LogP contribution in [0, 0.1) is 13.8 Å². The van der Waals surface area contributed by atoms with Gasteiger partial charge in [-0.2, -0.15) is 5.10 Å². The van der Waals surface area contributed by atoms with Crippen LogP contribution < -0.4 is 5.73 Å². The molecule has 0 aliphatic rings. The zero-order chi connectivity index (χ0) is 17.3. The Labute approximate surface area is 141 Å². The molecule has 0 saturated heterocycles. The van der Waals surface area contributed by atoms with E-state index in [1.54, 1.807) is 0 Å². The van der Waals surface area contributed by atoms with E-state index in [1.807, 2.05) is 68.8 Å². The van der Waals surface area contributed by atoms with E-state index in [0.717, 1.165) is 17.0 Å². The van der Waals surface area contributed by atoms with Crippen LogP contribution in [-0.4, -0.2) is 20.0 Å². The fourth-order valence-corrected chi connectivity index (χ4v) is 2.87. The molecule has 2 N–H and O–H groups in total. The number of nitrogens with two attached hydrogens (primary N) is 1. The summed E-state index contributed by atoms with van der Waals surface area (Å²) in [4.78, 5) is 0. The number of aromatic nitrogens is 4. The molecule has 2 heterocycles. The van der Waals surface area contributed by atoms with Crippen LogP contribution in [0.5, 0.6) is 0 Å². The van der Waals surface area contributed by atoms with Gasteiger partial charge in [-0.1, -0.05) is 30.3 Å². The van der Waals surface area contributed by atoms with Crippen molar-refractivity contribution in [2.75, 3.05) is 0 Å². The van der Waals surface area contributed by atoms with Gasteiger partial charge in [0, 0.05) is 5.69 Å². The largest absolute Gasteiger partial charge is 0.421 e. The molecule has 0 radical (unpaired) electrons. The Morgan fingerprint density at radius 3 is 2.54 bits per heavy atom. The van der Waals surface area contributed by atoms with Gasteiger partial charge < -0.3 is 10.2 Å². The number of rotatable bonds is 5. The van der Waals surface area contributed by atoms with Crippen molar-refractivity contribution in [1.29, 1.82) is 0 Å². The Bertz CT molecular complexity index is 819. The van der Waals surface area contributed by atoms with Gasteiger partial charge in [0.15, 0.2) is 0 Å². The van der Waals surface area contributed by atoms with Gasteiger partial charge in [0.1, 0.15) is 6.04 Å². The number of aryl methyl sites for hydroxylation is 2. The van der Waals surface area contributed by atoms with Crippen LogP contribution in [0.15, 0.2) is 40.8 Å². The molecular formula is C18H23N5O. The van der Waals surface area contributed by atoms with E-state index in [4.69, 9.17) is 10.2 Å². The highest BCUT2D eigenvalue weighted by molar-refractivity contribution is 5.19. The monoisotopic (exact) mass is 325 g/mol. The molecule has 1 unspecified atom stereocenters. The third-order valence-corrected chi connectivity index (χ3v) is 4.11. The molecule has 2 aromatic heterocycles. The van der Waals surface area contributed by atoms with Gasteiger partial charge >= 0.3 is 0 Å². The zero-order valence-corrected chi connectivity index (χ0v) is 14.5. The topological polar surface area (TPSA) is 82.8 Å². The Morgan fingerprint density at radius 2 is 1.92 bits per heavy atom. The van der Waals surface area contributed by atoms with Crippen LogP contribution in [0.25, 0.3) is 0 Å². The Hall–Kier alpha value is -2.47. The quantitative estimate of drug-likeness (QED) is 0.780. The highest BCUT2D eigenvalue weighted by atomic mass is 16.4. The molecule has 126 valence electrons. The van der Waals surface area contributed by atoms with Crippen LogP contribution in [-0.2, 0) is 12.0 Å². The molecule has 0 saturated carbocycles. The van der Waals surface area contributed by atoms with E-state index < -0.39 is 5.54 Å². The van der Waals surface area contributed by atoms with Gasteiger partial charge in [0.25, 0.3) is 0 Å². The van der Waals surface area contributed by atoms with Crippen molar-refractivity contribution in [1.82, 2.24) is 20.0 Å². The SMILES string of the molecule is Cc1cc(C)n(C(C)c2nnc([C@](C)(N)Cc3ccccc3)o2)n1. The molecule has 0 spiro atoms. The zero-order valence-electron chi connectivity index (χ0n) is 14.5. The van der Waals surface area contributed by atoms with E-state index in [-0.39, 0.29) is 6.04 Å². The first-order valence-electron chi connectivity index (χ1n) is 8.06. The van der Waals surface area contributed by atoms with Crippen LogP contribution >= 0.6 is 0 Å². The lowest BCUT2D eigenvalue weighted by molar-refractivity contribution is 0.316. The summed E-state index contributed by atoms with van der Waals surface area (Å²) >= 11 is 0. The second-order valence-electron chi connectivity index (χ2n) is 6.57. The fraction of sp³-hybridized carbons (Fsp3) is 0.389. The van der Waals surface area contributed by atoms with Gasteiger partial charge in [-0.05, 0) is 45.7 Å². The van der Waals surface area contributed by atoms with Gasteiger partial charge in [0.05, 0.1) is 11.2 Å². The first-order valence-corrected chi connectivity index (χ1v) is 8.06. The van der Waals surface area contributed by atoms with Crippen LogP contribution in [0.4, 0.5) is 0 Å². The normalized spacial score (nSPS) is 15.2. The Balaban J connectivity index is 1.83. The van der Waals surface area contributed by atoms with E-state index in [1.165, 1.54) is 0 Å². The van der Waals surface area contributed by atoms with Crippen LogP contribution in [0.2, 0.25) is 0 Å². The van der Waals surface area contributed by atoms with E-state index in [9.17, 15) is 0 Å². The number of hydrogen-bond donors (Lipinski definition) is 1. The average Bonchev–Trinajstić information content (AvgIpc) is 3.14. The minimum atomic E-state index is -0.721. The number of nitrogens with zero attached hydrogens (tertiary/aromatic N) is 4. The first kappa shape index (κ1) is 16.4. The highest BCUT2D eigenvalue weighted by Crippen LogP contribution is 2.25. The van der Waals surface area contributed by atoms with Gasteiger partial charge in [-0.15, -0.1) is 10.2 Å². The minimum absolute atomic E-state index is 0.132. The summed E-state index contributed by atoms with van der Waals surface area (Å²) in [5.41, 5.74) is 8.87. The Kier molecular flexibility index (Phi) is 4.24. The van der Waals surface area contributed by atoms with E-state index in [0.29, 0.717) is 18.2 Å². The van der Waals surface area contributed by atoms with Crippen molar-refractivity contribution in [2.45, 2.75) is 45.7 Å². The van der Waals surface area contributed by atoms with Crippen molar-refractivity contribution in [3.63, 3.8) is 0 Å². The predicted molar refractivity (Wildman–Crippen MR) is 91.5 cm³/mol. The molecule has 0 bridgehead atoms. The maximum Gasteiger partial charge on any atom is 0.240 e. The van der Waals surface area contributed by atoms with Gasteiger partial charge in [-0.3, -0.25) is 4.68 Å². The molecule has 6 heteroatoms. The summed E-state index contributed by atoms with van der Waals surface area (Å²) in [6.45, 7) is 7.87. The van der Waals surface area contributed by atoms with Gasteiger partial charge in [0.2, 0.25) is 11.8 Å². The second-order valence-corrected chi connectivity index (χ2v) is 6.57. The molecule has 24 heavy (non-hydrogen) atoms. The third kappa shape index (κ3) is 3.23. The summed E-state index contributed by atoms with van der Waals surface area (Å²) in [5, 5.41) is 12.9. The predicted octanol–water partition coefficient (Wildman–Crippen LogP) is 2.91. The van der Waals surface area contributed by atoms with E-state index >= 15 is 0 Å². The Morgan fingerprint density at radius 1 is 1.21 bits per heavy atom.